The van der Waals surface area contributed by atoms with Crippen molar-refractivity contribution in [3.05, 3.63) is 17.8 Å². The Morgan fingerprint density at radius 2 is 2.26 bits per heavy atom. The third-order valence-electron chi connectivity index (χ3n) is 4.04. The van der Waals surface area contributed by atoms with Gasteiger partial charge in [-0.2, -0.15) is 0 Å². The summed E-state index contributed by atoms with van der Waals surface area (Å²) >= 11 is 0. The van der Waals surface area contributed by atoms with Gasteiger partial charge in [-0.1, -0.05) is 0 Å². The third kappa shape index (κ3) is 2.30. The van der Waals surface area contributed by atoms with E-state index in [0.717, 1.165) is 36.3 Å². The van der Waals surface area contributed by atoms with Crippen molar-refractivity contribution in [2.75, 3.05) is 19.5 Å². The molecule has 19 heavy (non-hydrogen) atoms. The van der Waals surface area contributed by atoms with Crippen LogP contribution in [0.5, 0.6) is 0 Å². The Morgan fingerprint density at radius 1 is 1.47 bits per heavy atom. The van der Waals surface area contributed by atoms with Crippen molar-refractivity contribution in [2.45, 2.75) is 32.7 Å². The number of pyridine rings is 1. The smallest absolute Gasteiger partial charge is 0.202 e. The van der Waals surface area contributed by atoms with Crippen LogP contribution in [0.4, 0.5) is 5.95 Å². The summed E-state index contributed by atoms with van der Waals surface area (Å²) in [5.41, 5.74) is 9.28. The second kappa shape index (κ2) is 4.49. The molecule has 5 heteroatoms. The fourth-order valence-electron chi connectivity index (χ4n) is 2.60. The first-order valence-electron chi connectivity index (χ1n) is 6.71. The van der Waals surface area contributed by atoms with Gasteiger partial charge in [0.1, 0.15) is 5.52 Å². The first kappa shape index (κ1) is 12.4. The molecular weight excluding hydrogens is 240 g/mol. The largest absolute Gasteiger partial charge is 0.385 e. The molecule has 0 unspecified atom stereocenters. The molecular formula is C14H20N4O. The fraction of sp³-hybridized carbons (Fsp3) is 0.571. The molecule has 0 radical (unpaired) electrons. The zero-order valence-electron chi connectivity index (χ0n) is 11.5. The molecule has 0 saturated heterocycles. The number of ether oxygens (including phenoxy) is 1. The Balaban J connectivity index is 1.90. The Labute approximate surface area is 112 Å². The highest BCUT2D eigenvalue weighted by Crippen LogP contribution is 2.50. The van der Waals surface area contributed by atoms with Crippen LogP contribution in [0.1, 0.15) is 24.8 Å². The number of hydrogen-bond acceptors (Lipinski definition) is 4. The summed E-state index contributed by atoms with van der Waals surface area (Å²) in [6.07, 6.45) is 5.42. The van der Waals surface area contributed by atoms with Gasteiger partial charge in [0.2, 0.25) is 5.95 Å². The van der Waals surface area contributed by atoms with Gasteiger partial charge in [0.15, 0.2) is 5.65 Å². The molecule has 1 saturated carbocycles. The van der Waals surface area contributed by atoms with E-state index < -0.39 is 0 Å². The number of hydrogen-bond donors (Lipinski definition) is 1. The first-order valence-corrected chi connectivity index (χ1v) is 6.71. The van der Waals surface area contributed by atoms with Gasteiger partial charge in [0, 0.05) is 26.5 Å². The quantitative estimate of drug-likeness (QED) is 0.894. The molecule has 2 heterocycles. The molecule has 1 fully saturated rings. The highest BCUT2D eigenvalue weighted by Gasteiger charge is 2.43. The minimum Gasteiger partial charge on any atom is -0.385 e. The topological polar surface area (TPSA) is 66.0 Å². The van der Waals surface area contributed by atoms with Crippen molar-refractivity contribution >= 4 is 17.1 Å². The number of aryl methyl sites for hydroxylation is 1. The molecule has 102 valence electrons. The lowest BCUT2D eigenvalue weighted by atomic mass is 10.0. The monoisotopic (exact) mass is 260 g/mol. The summed E-state index contributed by atoms with van der Waals surface area (Å²) in [7, 11) is 1.75. The average Bonchev–Trinajstić information content (AvgIpc) is 3.08. The van der Waals surface area contributed by atoms with E-state index in [0.29, 0.717) is 11.4 Å². The number of methoxy groups -OCH3 is 1. The molecule has 2 N–H and O–H groups in total. The molecule has 2 aromatic heterocycles. The van der Waals surface area contributed by atoms with Gasteiger partial charge in [-0.05, 0) is 43.2 Å². The summed E-state index contributed by atoms with van der Waals surface area (Å²) < 4.78 is 7.25. The Bertz CT molecular complexity index is 601. The van der Waals surface area contributed by atoms with Crippen LogP contribution in [0, 0.1) is 12.3 Å². The predicted octanol–water partition coefficient (Wildman–Crippen LogP) is 2.14. The van der Waals surface area contributed by atoms with Crippen molar-refractivity contribution < 1.29 is 4.74 Å². The maximum absolute atomic E-state index is 6.05. The van der Waals surface area contributed by atoms with Crippen molar-refractivity contribution in [2.24, 2.45) is 5.41 Å². The highest BCUT2D eigenvalue weighted by atomic mass is 16.5. The lowest BCUT2D eigenvalue weighted by molar-refractivity contribution is 0.167. The molecule has 5 nitrogen and oxygen atoms in total. The summed E-state index contributed by atoms with van der Waals surface area (Å²) in [6, 6.07) is 2.03. The summed E-state index contributed by atoms with van der Waals surface area (Å²) in [5.74, 6) is 0.566. The number of anilines is 1. The summed E-state index contributed by atoms with van der Waals surface area (Å²) in [4.78, 5) is 8.90. The predicted molar refractivity (Wildman–Crippen MR) is 74.8 cm³/mol. The molecule has 0 aliphatic heterocycles. The van der Waals surface area contributed by atoms with Gasteiger partial charge in [-0.15, -0.1) is 0 Å². The SMILES string of the molecule is COCCC1(Cn2c(N)nc3cc(C)cnc32)CC1. The van der Waals surface area contributed by atoms with Crippen LogP contribution in [0.25, 0.3) is 11.2 Å². The van der Waals surface area contributed by atoms with Gasteiger partial charge in [-0.3, -0.25) is 4.57 Å². The molecule has 0 spiro atoms. The number of nitrogens with zero attached hydrogens (tertiary/aromatic N) is 3. The van der Waals surface area contributed by atoms with Gasteiger partial charge in [-0.25, -0.2) is 9.97 Å². The molecule has 0 atom stereocenters. The molecule has 1 aliphatic rings. The van der Waals surface area contributed by atoms with E-state index in [1.165, 1.54) is 12.8 Å². The molecule has 0 bridgehead atoms. The van der Waals surface area contributed by atoms with Crippen LogP contribution < -0.4 is 5.73 Å². The Morgan fingerprint density at radius 3 is 2.95 bits per heavy atom. The second-order valence-corrected chi connectivity index (χ2v) is 5.65. The van der Waals surface area contributed by atoms with E-state index in [-0.39, 0.29) is 0 Å². The van der Waals surface area contributed by atoms with Crippen molar-refractivity contribution in [3.63, 3.8) is 0 Å². The third-order valence-corrected chi connectivity index (χ3v) is 4.04. The second-order valence-electron chi connectivity index (χ2n) is 5.65. The Kier molecular flexibility index (Phi) is 2.93. The molecule has 3 rings (SSSR count). The van der Waals surface area contributed by atoms with Crippen LogP contribution in [0.2, 0.25) is 0 Å². The van der Waals surface area contributed by atoms with Gasteiger partial charge in [0.05, 0.1) is 0 Å². The van der Waals surface area contributed by atoms with E-state index in [4.69, 9.17) is 10.5 Å². The zero-order valence-corrected chi connectivity index (χ0v) is 11.5. The van der Waals surface area contributed by atoms with Gasteiger partial charge in [0.25, 0.3) is 0 Å². The van der Waals surface area contributed by atoms with Gasteiger partial charge >= 0.3 is 0 Å². The number of aromatic nitrogens is 3. The maximum Gasteiger partial charge on any atom is 0.202 e. The van der Waals surface area contributed by atoms with Crippen LogP contribution >= 0.6 is 0 Å². The number of imidazole rings is 1. The van der Waals surface area contributed by atoms with Gasteiger partial charge < -0.3 is 10.5 Å². The molecule has 0 amide bonds. The summed E-state index contributed by atoms with van der Waals surface area (Å²) in [5, 5.41) is 0. The normalized spacial score (nSPS) is 16.9. The van der Waals surface area contributed by atoms with Crippen LogP contribution in [0.3, 0.4) is 0 Å². The Hall–Kier alpha value is -1.62. The van der Waals surface area contributed by atoms with Crippen molar-refractivity contribution in [1.82, 2.24) is 14.5 Å². The highest BCUT2D eigenvalue weighted by molar-refractivity contribution is 5.74. The van der Waals surface area contributed by atoms with E-state index in [9.17, 15) is 0 Å². The summed E-state index contributed by atoms with van der Waals surface area (Å²) in [6.45, 7) is 3.72. The number of fused-ring (bicyclic) bond motifs is 1. The average molecular weight is 260 g/mol. The van der Waals surface area contributed by atoms with Crippen LogP contribution in [-0.4, -0.2) is 28.3 Å². The molecule has 2 aromatic rings. The fourth-order valence-corrected chi connectivity index (χ4v) is 2.60. The molecule has 0 aromatic carbocycles. The van der Waals surface area contributed by atoms with E-state index in [1.807, 2.05) is 19.2 Å². The minimum absolute atomic E-state index is 0.338. The lowest BCUT2D eigenvalue weighted by Crippen LogP contribution is -2.16. The van der Waals surface area contributed by atoms with E-state index in [1.54, 1.807) is 7.11 Å². The minimum atomic E-state index is 0.338. The van der Waals surface area contributed by atoms with Crippen molar-refractivity contribution in [3.8, 4) is 0 Å². The van der Waals surface area contributed by atoms with Crippen molar-refractivity contribution in [1.29, 1.82) is 0 Å². The maximum atomic E-state index is 6.05. The van der Waals surface area contributed by atoms with Crippen LogP contribution in [0.15, 0.2) is 12.3 Å². The first-order chi connectivity index (χ1) is 9.13. The number of nitrogen functional groups attached to an aromatic ring is 1. The molecule has 1 aliphatic carbocycles. The van der Waals surface area contributed by atoms with E-state index >= 15 is 0 Å². The lowest BCUT2D eigenvalue weighted by Gasteiger charge is -2.16. The standard InChI is InChI=1S/C14H20N4O/c1-10-7-11-12(16-8-10)18(13(15)17-11)9-14(3-4-14)5-6-19-2/h7-8H,3-6,9H2,1-2H3,(H2,15,17). The number of nitrogens with two attached hydrogens (primary N) is 1. The zero-order chi connectivity index (χ0) is 13.5. The van der Waals surface area contributed by atoms with E-state index in [2.05, 4.69) is 14.5 Å². The van der Waals surface area contributed by atoms with Crippen LogP contribution in [-0.2, 0) is 11.3 Å². The number of rotatable bonds is 5.